The second-order valence-corrected chi connectivity index (χ2v) is 19.6. The van der Waals surface area contributed by atoms with Gasteiger partial charge in [0.15, 0.2) is 0 Å². The Morgan fingerprint density at radius 1 is 0.508 bits per heavy atom. The molecule has 0 heterocycles. The number of nitrogens with zero attached hydrogens (tertiary/aromatic N) is 1. The molecule has 0 fully saturated rings. The lowest BCUT2D eigenvalue weighted by Crippen LogP contribution is -2.37. The van der Waals surface area contributed by atoms with E-state index in [0.29, 0.717) is 24.1 Å². The van der Waals surface area contributed by atoms with Crippen LogP contribution in [0.4, 0.5) is 0 Å². The van der Waals surface area contributed by atoms with E-state index in [9.17, 15) is 14.3 Å². The number of esters is 1. The fourth-order valence-electron chi connectivity index (χ4n) is 6.84. The van der Waals surface area contributed by atoms with Crippen LogP contribution in [0, 0.1) is 0 Å². The maximum absolute atomic E-state index is 12.7. The highest BCUT2D eigenvalue weighted by Gasteiger charge is 2.20. The van der Waals surface area contributed by atoms with E-state index >= 15 is 0 Å². The molecule has 0 spiro atoms. The molecule has 0 saturated heterocycles. The maximum atomic E-state index is 12.7. The molecule has 0 aromatic heterocycles. The number of hydrogen-bond donors (Lipinski definition) is 0. The van der Waals surface area contributed by atoms with Crippen LogP contribution >= 0.6 is 7.82 Å². The number of quaternary nitrogens is 1. The summed E-state index contributed by atoms with van der Waals surface area (Å²) in [4.78, 5) is 25.2. The van der Waals surface area contributed by atoms with Crippen molar-refractivity contribution in [1.29, 1.82) is 0 Å². The summed E-state index contributed by atoms with van der Waals surface area (Å²) in [6.07, 6.45) is 60.6. The average Bonchev–Trinajstić information content (AvgIpc) is 3.24. The second kappa shape index (κ2) is 46.5. The highest BCUT2D eigenvalue weighted by molar-refractivity contribution is 7.45. The van der Waals surface area contributed by atoms with Crippen molar-refractivity contribution in [2.24, 2.45) is 0 Å². The first-order valence-corrected chi connectivity index (χ1v) is 27.1. The van der Waals surface area contributed by atoms with Gasteiger partial charge in [0.05, 0.1) is 34.4 Å². The lowest BCUT2D eigenvalue weighted by Gasteiger charge is -2.28. The van der Waals surface area contributed by atoms with Gasteiger partial charge < -0.3 is 27.9 Å². The predicted octanol–water partition coefficient (Wildman–Crippen LogP) is 15.2. The Balaban J connectivity index is 4.19. The molecule has 63 heavy (non-hydrogen) atoms. The van der Waals surface area contributed by atoms with Gasteiger partial charge in [0.2, 0.25) is 0 Å². The fraction of sp³-hybridized carbons (Fsp3) is 0.759. The molecule has 0 aliphatic carbocycles. The van der Waals surface area contributed by atoms with Crippen LogP contribution in [0.3, 0.4) is 0 Å². The zero-order valence-corrected chi connectivity index (χ0v) is 42.4. The Kier molecular flexibility index (Phi) is 44.9. The number of phosphoric ester groups is 1. The third kappa shape index (κ3) is 50.8. The molecule has 0 amide bonds. The summed E-state index contributed by atoms with van der Waals surface area (Å²) in [6.45, 7) is 5.29. The zero-order valence-electron chi connectivity index (χ0n) is 41.5. The highest BCUT2D eigenvalue weighted by atomic mass is 31.2. The first kappa shape index (κ1) is 60.9. The Bertz CT molecular complexity index is 1230. The topological polar surface area (TPSA) is 94.1 Å². The van der Waals surface area contributed by atoms with E-state index in [0.717, 1.165) is 83.5 Å². The molecule has 2 atom stereocenters. The van der Waals surface area contributed by atoms with Crippen molar-refractivity contribution in [2.45, 2.75) is 213 Å². The SMILES string of the molecule is CC/C=C\C/C=C\C/C=C\C/C=C\C/C=C\C/C=C\CCCCCCCCC(=O)OC(COCCCCCCCCCCCCCCCCCC)COP(=O)([O-])OCC[N+](C)(C)C. The molecule has 0 rings (SSSR count). The maximum Gasteiger partial charge on any atom is 0.306 e. The van der Waals surface area contributed by atoms with Crippen molar-refractivity contribution in [3.8, 4) is 0 Å². The molecule has 2 unspecified atom stereocenters. The van der Waals surface area contributed by atoms with Crippen LogP contribution < -0.4 is 4.89 Å². The number of likely N-dealkylation sites (N-methyl/N-ethyl adjacent to an activating group) is 1. The van der Waals surface area contributed by atoms with Gasteiger partial charge in [-0.25, -0.2) is 0 Å². The summed E-state index contributed by atoms with van der Waals surface area (Å²) in [5.74, 6) is -0.348. The summed E-state index contributed by atoms with van der Waals surface area (Å²) >= 11 is 0. The standard InChI is InChI=1S/C54H98NO7P/c1-6-8-10-12-14-16-18-20-22-24-25-26-27-28-29-30-31-32-33-35-37-39-41-43-45-47-54(56)62-53(52-61-63(57,58)60-50-48-55(3,4)5)51-59-49-46-44-42-40-38-36-34-23-21-19-17-15-13-11-9-7-2/h8,10,14,16,20,22,25-26,28-29,31-32,53H,6-7,9,11-13,15,17-19,21,23-24,27,30,33-52H2,1-5H3/b10-8-,16-14-,22-20-,26-25-,29-28-,32-31-. The third-order valence-electron chi connectivity index (χ3n) is 10.8. The molecule has 8 nitrogen and oxygen atoms in total. The molecule has 366 valence electrons. The molecule has 0 aliphatic rings. The number of allylic oxidation sites excluding steroid dienone is 12. The molecule has 0 aliphatic heterocycles. The van der Waals surface area contributed by atoms with E-state index in [1.807, 2.05) is 21.1 Å². The van der Waals surface area contributed by atoms with E-state index in [4.69, 9.17) is 18.5 Å². The number of phosphoric acid groups is 1. The van der Waals surface area contributed by atoms with E-state index in [-0.39, 0.29) is 25.8 Å². The van der Waals surface area contributed by atoms with Gasteiger partial charge in [-0.2, -0.15) is 0 Å². The lowest BCUT2D eigenvalue weighted by molar-refractivity contribution is -0.870. The minimum absolute atomic E-state index is 0.0208. The number of carbonyl (C=O) groups is 1. The first-order valence-electron chi connectivity index (χ1n) is 25.7. The predicted molar refractivity (Wildman–Crippen MR) is 268 cm³/mol. The smallest absolute Gasteiger partial charge is 0.306 e. The van der Waals surface area contributed by atoms with Crippen molar-refractivity contribution in [2.75, 3.05) is 54.1 Å². The minimum atomic E-state index is -4.54. The largest absolute Gasteiger partial charge is 0.756 e. The summed E-state index contributed by atoms with van der Waals surface area (Å²) in [7, 11) is 1.34. The van der Waals surface area contributed by atoms with Crippen LogP contribution in [-0.2, 0) is 27.9 Å². The number of carbonyl (C=O) groups excluding carboxylic acids is 1. The van der Waals surface area contributed by atoms with E-state index in [1.54, 1.807) is 0 Å². The van der Waals surface area contributed by atoms with E-state index < -0.39 is 13.9 Å². The van der Waals surface area contributed by atoms with E-state index in [1.165, 1.54) is 103 Å². The number of unbranched alkanes of at least 4 members (excludes halogenated alkanes) is 21. The van der Waals surface area contributed by atoms with E-state index in [2.05, 4.69) is 86.8 Å². The average molecular weight is 904 g/mol. The molecule has 0 bridgehead atoms. The molecule has 0 saturated carbocycles. The zero-order chi connectivity index (χ0) is 46.2. The molecular weight excluding hydrogens is 806 g/mol. The van der Waals surface area contributed by atoms with Gasteiger partial charge >= 0.3 is 5.97 Å². The van der Waals surface area contributed by atoms with Crippen LogP contribution in [0.2, 0.25) is 0 Å². The molecular formula is C54H98NO7P. The summed E-state index contributed by atoms with van der Waals surface area (Å²) < 4.78 is 34.7. The summed E-state index contributed by atoms with van der Waals surface area (Å²) in [5.41, 5.74) is 0. The van der Waals surface area contributed by atoms with Gasteiger partial charge in [-0.3, -0.25) is 9.36 Å². The van der Waals surface area contributed by atoms with Gasteiger partial charge in [-0.1, -0.05) is 209 Å². The Morgan fingerprint density at radius 2 is 0.921 bits per heavy atom. The summed E-state index contributed by atoms with van der Waals surface area (Å²) in [5, 5.41) is 0. The second-order valence-electron chi connectivity index (χ2n) is 18.2. The van der Waals surface area contributed by atoms with Gasteiger partial charge in [-0.05, 0) is 64.2 Å². The van der Waals surface area contributed by atoms with Crippen LogP contribution in [0.15, 0.2) is 72.9 Å². The van der Waals surface area contributed by atoms with Crippen LogP contribution in [0.25, 0.3) is 0 Å². The molecule has 0 aromatic carbocycles. The Labute approximate surface area is 389 Å². The van der Waals surface area contributed by atoms with Crippen molar-refractivity contribution < 1.29 is 37.3 Å². The molecule has 0 radical (unpaired) electrons. The normalized spacial score (nSPS) is 14.2. The quantitative estimate of drug-likeness (QED) is 0.0197. The van der Waals surface area contributed by atoms with Gasteiger partial charge in [-0.15, -0.1) is 0 Å². The van der Waals surface area contributed by atoms with Crippen molar-refractivity contribution in [3.05, 3.63) is 72.9 Å². The Hall–Kier alpha value is -2.06. The van der Waals surface area contributed by atoms with Gasteiger partial charge in [0, 0.05) is 13.0 Å². The number of ether oxygens (including phenoxy) is 2. The minimum Gasteiger partial charge on any atom is -0.756 e. The van der Waals surface area contributed by atoms with Gasteiger partial charge in [0.25, 0.3) is 7.82 Å². The van der Waals surface area contributed by atoms with Crippen LogP contribution in [0.5, 0.6) is 0 Å². The third-order valence-corrected chi connectivity index (χ3v) is 11.7. The summed E-state index contributed by atoms with van der Waals surface area (Å²) in [6, 6.07) is 0. The first-order chi connectivity index (χ1) is 30.6. The van der Waals surface area contributed by atoms with Crippen molar-refractivity contribution >= 4 is 13.8 Å². The molecule has 0 aromatic rings. The van der Waals surface area contributed by atoms with Crippen molar-refractivity contribution in [3.63, 3.8) is 0 Å². The van der Waals surface area contributed by atoms with Crippen LogP contribution in [-0.4, -0.2) is 70.7 Å². The Morgan fingerprint density at radius 3 is 1.38 bits per heavy atom. The van der Waals surface area contributed by atoms with Crippen LogP contribution in [0.1, 0.15) is 206 Å². The monoisotopic (exact) mass is 904 g/mol. The molecule has 0 N–H and O–H groups in total. The van der Waals surface area contributed by atoms with Crippen molar-refractivity contribution in [1.82, 2.24) is 0 Å². The highest BCUT2D eigenvalue weighted by Crippen LogP contribution is 2.38. The van der Waals surface area contributed by atoms with Gasteiger partial charge in [0.1, 0.15) is 19.3 Å². The fourth-order valence-corrected chi connectivity index (χ4v) is 7.57. The lowest BCUT2D eigenvalue weighted by atomic mass is 10.0. The number of rotatable bonds is 47. The number of hydrogen-bond acceptors (Lipinski definition) is 7. The molecule has 9 heteroatoms.